The summed E-state index contributed by atoms with van der Waals surface area (Å²) in [5, 5.41) is 3.18. The molecule has 6 heteroatoms. The van der Waals surface area contributed by atoms with Crippen LogP contribution in [0.5, 0.6) is 0 Å². The second-order valence-electron chi connectivity index (χ2n) is 4.14. The second-order valence-corrected chi connectivity index (χ2v) is 4.14. The van der Waals surface area contributed by atoms with E-state index in [1.54, 1.807) is 0 Å². The Kier molecular flexibility index (Phi) is 16.1. The van der Waals surface area contributed by atoms with Crippen LogP contribution in [0.15, 0.2) is 0 Å². The van der Waals surface area contributed by atoms with E-state index >= 15 is 0 Å². The maximum atomic E-state index is 10.9. The molecule has 0 aromatic carbocycles. The zero-order valence-electron chi connectivity index (χ0n) is 12.8. The summed E-state index contributed by atoms with van der Waals surface area (Å²) in [4.78, 5) is 10.9. The maximum absolute atomic E-state index is 10.9. The van der Waals surface area contributed by atoms with Crippen molar-refractivity contribution in [3.05, 3.63) is 0 Å². The molecule has 0 radical (unpaired) electrons. The van der Waals surface area contributed by atoms with Gasteiger partial charge in [0.15, 0.2) is 5.78 Å². The molecule has 0 aliphatic heterocycles. The third-order valence-corrected chi connectivity index (χ3v) is 2.45. The number of hydrogen-bond acceptors (Lipinski definition) is 6. The molecule has 20 heavy (non-hydrogen) atoms. The first kappa shape index (κ1) is 19.5. The van der Waals surface area contributed by atoms with Gasteiger partial charge < -0.3 is 24.3 Å². The van der Waals surface area contributed by atoms with E-state index in [4.69, 9.17) is 18.9 Å². The van der Waals surface area contributed by atoms with Gasteiger partial charge in [-0.2, -0.15) is 0 Å². The lowest BCUT2D eigenvalue weighted by Gasteiger charge is -2.07. The van der Waals surface area contributed by atoms with Crippen molar-refractivity contribution < 1.29 is 23.7 Å². The van der Waals surface area contributed by atoms with Gasteiger partial charge in [0.1, 0.15) is 6.61 Å². The standard InChI is InChI=1S/C14H29NO5/c1-3-14(16)13-20-12-11-19-10-9-18-8-7-17-6-5-15-4-2/h15H,3-13H2,1-2H3. The predicted molar refractivity (Wildman–Crippen MR) is 77.1 cm³/mol. The van der Waals surface area contributed by atoms with E-state index in [0.717, 1.165) is 13.1 Å². The van der Waals surface area contributed by atoms with Crippen molar-refractivity contribution in [2.45, 2.75) is 20.3 Å². The van der Waals surface area contributed by atoms with Crippen molar-refractivity contribution >= 4 is 5.78 Å². The van der Waals surface area contributed by atoms with Gasteiger partial charge in [-0.1, -0.05) is 13.8 Å². The summed E-state index contributed by atoms with van der Waals surface area (Å²) in [5.41, 5.74) is 0. The average molecular weight is 291 g/mol. The van der Waals surface area contributed by atoms with E-state index in [1.165, 1.54) is 0 Å². The minimum Gasteiger partial charge on any atom is -0.378 e. The average Bonchev–Trinajstić information content (AvgIpc) is 2.47. The van der Waals surface area contributed by atoms with E-state index in [9.17, 15) is 4.79 Å². The molecule has 6 nitrogen and oxygen atoms in total. The van der Waals surface area contributed by atoms with Crippen molar-refractivity contribution in [1.82, 2.24) is 5.32 Å². The van der Waals surface area contributed by atoms with E-state index in [1.807, 2.05) is 6.92 Å². The summed E-state index contributed by atoms with van der Waals surface area (Å²) in [5.74, 6) is 0.113. The van der Waals surface area contributed by atoms with Crippen LogP contribution in [0.1, 0.15) is 20.3 Å². The van der Waals surface area contributed by atoms with Crippen molar-refractivity contribution in [3.63, 3.8) is 0 Å². The molecule has 0 aliphatic carbocycles. The van der Waals surface area contributed by atoms with Crippen molar-refractivity contribution in [2.75, 3.05) is 65.9 Å². The summed E-state index contributed by atoms with van der Waals surface area (Å²) in [6, 6.07) is 0. The number of likely N-dealkylation sites (N-methyl/N-ethyl adjacent to an activating group) is 1. The molecule has 0 heterocycles. The first-order chi connectivity index (χ1) is 9.81. The Morgan fingerprint density at radius 2 is 1.30 bits per heavy atom. The molecule has 0 atom stereocenters. The van der Waals surface area contributed by atoms with Crippen LogP contribution in [-0.2, 0) is 23.7 Å². The number of Topliss-reactive ketones (excluding diaryl/α,β-unsaturated/α-hetero) is 1. The van der Waals surface area contributed by atoms with Crippen molar-refractivity contribution in [3.8, 4) is 0 Å². The van der Waals surface area contributed by atoms with Crippen molar-refractivity contribution in [2.24, 2.45) is 0 Å². The maximum Gasteiger partial charge on any atom is 0.158 e. The molecule has 0 unspecified atom stereocenters. The van der Waals surface area contributed by atoms with E-state index in [2.05, 4.69) is 12.2 Å². The molecule has 0 aliphatic rings. The summed E-state index contributed by atoms with van der Waals surface area (Å²) in [6.45, 7) is 9.81. The number of ether oxygens (including phenoxy) is 4. The van der Waals surface area contributed by atoms with Gasteiger partial charge >= 0.3 is 0 Å². The fraction of sp³-hybridized carbons (Fsp3) is 0.929. The fourth-order valence-electron chi connectivity index (χ4n) is 1.27. The number of nitrogens with one attached hydrogen (secondary N) is 1. The molecule has 0 aromatic rings. The van der Waals surface area contributed by atoms with Crippen LogP contribution in [0.4, 0.5) is 0 Å². The molecule has 0 amide bonds. The first-order valence-corrected chi connectivity index (χ1v) is 7.34. The third-order valence-electron chi connectivity index (χ3n) is 2.45. The highest BCUT2D eigenvalue weighted by Gasteiger charge is 1.97. The largest absolute Gasteiger partial charge is 0.378 e. The highest BCUT2D eigenvalue weighted by atomic mass is 16.6. The molecule has 0 rings (SSSR count). The van der Waals surface area contributed by atoms with E-state index in [0.29, 0.717) is 52.7 Å². The number of carbonyl (C=O) groups is 1. The first-order valence-electron chi connectivity index (χ1n) is 7.34. The van der Waals surface area contributed by atoms with Crippen LogP contribution in [-0.4, -0.2) is 71.7 Å². The topological polar surface area (TPSA) is 66.0 Å². The van der Waals surface area contributed by atoms with Crippen LogP contribution in [0, 0.1) is 0 Å². The van der Waals surface area contributed by atoms with Gasteiger partial charge in [0.25, 0.3) is 0 Å². The monoisotopic (exact) mass is 291 g/mol. The Balaban J connectivity index is 2.97. The number of rotatable bonds is 16. The molecule has 0 bridgehead atoms. The van der Waals surface area contributed by atoms with Crippen LogP contribution in [0.2, 0.25) is 0 Å². The van der Waals surface area contributed by atoms with Gasteiger partial charge in [0.05, 0.1) is 46.2 Å². The summed E-state index contributed by atoms with van der Waals surface area (Å²) in [7, 11) is 0. The molecular formula is C14H29NO5. The molecule has 0 saturated heterocycles. The highest BCUT2D eigenvalue weighted by molar-refractivity contribution is 5.79. The fourth-order valence-corrected chi connectivity index (χ4v) is 1.27. The quantitative estimate of drug-likeness (QED) is 0.421. The normalized spacial score (nSPS) is 10.9. The van der Waals surface area contributed by atoms with Crippen LogP contribution in [0.25, 0.3) is 0 Å². The molecule has 1 N–H and O–H groups in total. The van der Waals surface area contributed by atoms with Gasteiger partial charge in [-0.3, -0.25) is 4.79 Å². The molecule has 120 valence electrons. The number of ketones is 1. The van der Waals surface area contributed by atoms with Gasteiger partial charge in [0.2, 0.25) is 0 Å². The minimum absolute atomic E-state index is 0.113. The Morgan fingerprint density at radius 3 is 1.80 bits per heavy atom. The van der Waals surface area contributed by atoms with Gasteiger partial charge in [-0.05, 0) is 6.54 Å². The highest BCUT2D eigenvalue weighted by Crippen LogP contribution is 1.85. The zero-order chi connectivity index (χ0) is 14.9. The molecular weight excluding hydrogens is 262 g/mol. The Bertz CT molecular complexity index is 214. The van der Waals surface area contributed by atoms with Crippen LogP contribution in [0.3, 0.4) is 0 Å². The SMILES string of the molecule is CCNCCOCCOCCOCCOCC(=O)CC. The Labute approximate surface area is 122 Å². The minimum atomic E-state index is 0.113. The second kappa shape index (κ2) is 16.5. The lowest BCUT2D eigenvalue weighted by atomic mass is 10.3. The van der Waals surface area contributed by atoms with Gasteiger partial charge in [-0.15, -0.1) is 0 Å². The molecule has 0 fully saturated rings. The van der Waals surface area contributed by atoms with Gasteiger partial charge in [0, 0.05) is 13.0 Å². The zero-order valence-corrected chi connectivity index (χ0v) is 12.8. The van der Waals surface area contributed by atoms with Gasteiger partial charge in [-0.25, -0.2) is 0 Å². The smallest absolute Gasteiger partial charge is 0.158 e. The lowest BCUT2D eigenvalue weighted by Crippen LogP contribution is -2.20. The molecule has 0 spiro atoms. The number of hydrogen-bond donors (Lipinski definition) is 1. The van der Waals surface area contributed by atoms with E-state index in [-0.39, 0.29) is 12.4 Å². The Morgan fingerprint density at radius 1 is 0.800 bits per heavy atom. The predicted octanol–water partition coefficient (Wildman–Crippen LogP) is 0.641. The summed E-state index contributed by atoms with van der Waals surface area (Å²) in [6.07, 6.45) is 0.519. The van der Waals surface area contributed by atoms with E-state index < -0.39 is 0 Å². The van der Waals surface area contributed by atoms with Crippen LogP contribution >= 0.6 is 0 Å². The molecule has 0 aromatic heterocycles. The third kappa shape index (κ3) is 15.5. The summed E-state index contributed by atoms with van der Waals surface area (Å²) >= 11 is 0. The Hall–Kier alpha value is -0.530. The van der Waals surface area contributed by atoms with Crippen molar-refractivity contribution in [1.29, 1.82) is 0 Å². The molecule has 0 saturated carbocycles. The lowest BCUT2D eigenvalue weighted by molar-refractivity contribution is -0.123. The summed E-state index contributed by atoms with van der Waals surface area (Å²) < 4.78 is 21.1. The number of carbonyl (C=O) groups excluding carboxylic acids is 1. The van der Waals surface area contributed by atoms with Crippen LogP contribution < -0.4 is 5.32 Å².